The van der Waals surface area contributed by atoms with E-state index in [1.54, 1.807) is 7.11 Å². The fourth-order valence-electron chi connectivity index (χ4n) is 1.39. The number of carbonyl (C=O) groups excluding carboxylic acids is 1. The molecule has 2 nitrogen and oxygen atoms in total. The minimum Gasteiger partial charge on any atom is -0.496 e. The molecule has 0 heterocycles. The van der Waals surface area contributed by atoms with Crippen LogP contribution in [0.3, 0.4) is 0 Å². The number of ether oxygens (including phenoxy) is 1. The van der Waals surface area contributed by atoms with E-state index < -0.39 is 0 Å². The van der Waals surface area contributed by atoms with Crippen molar-refractivity contribution >= 4 is 18.4 Å². The topological polar surface area (TPSA) is 26.3 Å². The highest BCUT2D eigenvalue weighted by molar-refractivity contribution is 7.81. The number of carbonyl (C=O) groups is 1. The largest absolute Gasteiger partial charge is 0.496 e. The van der Waals surface area contributed by atoms with Crippen molar-refractivity contribution in [3.05, 3.63) is 29.3 Å². The van der Waals surface area contributed by atoms with Gasteiger partial charge < -0.3 is 4.74 Å². The summed E-state index contributed by atoms with van der Waals surface area (Å²) >= 11 is 3.99. The average Bonchev–Trinajstić information content (AvgIpc) is 2.27. The quantitative estimate of drug-likeness (QED) is 0.628. The van der Waals surface area contributed by atoms with E-state index in [-0.39, 0.29) is 11.5 Å². The van der Waals surface area contributed by atoms with Gasteiger partial charge in [0.2, 0.25) is 0 Å². The van der Waals surface area contributed by atoms with Crippen molar-refractivity contribution in [2.24, 2.45) is 0 Å². The van der Waals surface area contributed by atoms with E-state index >= 15 is 0 Å². The van der Waals surface area contributed by atoms with Gasteiger partial charge in [0.25, 0.3) is 0 Å². The molecular weight excluding hydrogens is 208 g/mol. The number of thiol groups is 1. The summed E-state index contributed by atoms with van der Waals surface area (Å²) in [6.07, 6.45) is 0. The lowest BCUT2D eigenvalue weighted by molar-refractivity contribution is 0.102. The molecule has 1 rings (SSSR count). The lowest BCUT2D eigenvalue weighted by atomic mass is 9.99. The van der Waals surface area contributed by atoms with Crippen LogP contribution in [0.2, 0.25) is 0 Å². The molecule has 0 fully saturated rings. The van der Waals surface area contributed by atoms with E-state index in [9.17, 15) is 4.79 Å². The fraction of sp³-hybridized carbons (Fsp3) is 0.417. The Balaban J connectivity index is 3.19. The Kier molecular flexibility index (Phi) is 4.21. The SMILES string of the molecule is COc1ccc(C(C)C)cc1C(=O)CS. The highest BCUT2D eigenvalue weighted by Crippen LogP contribution is 2.24. The number of rotatable bonds is 4. The van der Waals surface area contributed by atoms with Crippen LogP contribution >= 0.6 is 12.6 Å². The van der Waals surface area contributed by atoms with Crippen LogP contribution in [0.4, 0.5) is 0 Å². The second-order valence-electron chi connectivity index (χ2n) is 3.70. The van der Waals surface area contributed by atoms with Crippen molar-refractivity contribution in [1.82, 2.24) is 0 Å². The molecule has 82 valence electrons. The normalized spacial score (nSPS) is 10.5. The third-order valence-electron chi connectivity index (χ3n) is 2.33. The zero-order valence-electron chi connectivity index (χ0n) is 9.28. The monoisotopic (exact) mass is 224 g/mol. The first-order chi connectivity index (χ1) is 7.10. The molecule has 0 saturated carbocycles. The molecule has 0 unspecified atom stereocenters. The van der Waals surface area contributed by atoms with Crippen molar-refractivity contribution in [1.29, 1.82) is 0 Å². The van der Waals surface area contributed by atoms with Gasteiger partial charge in [-0.2, -0.15) is 12.6 Å². The van der Waals surface area contributed by atoms with Crippen LogP contribution in [-0.2, 0) is 0 Å². The van der Waals surface area contributed by atoms with Gasteiger partial charge >= 0.3 is 0 Å². The molecule has 0 aliphatic heterocycles. The first-order valence-electron chi connectivity index (χ1n) is 4.92. The van der Waals surface area contributed by atoms with Crippen molar-refractivity contribution in [3.63, 3.8) is 0 Å². The zero-order chi connectivity index (χ0) is 11.4. The standard InChI is InChI=1S/C12H16O2S/c1-8(2)9-4-5-12(14-3)10(6-9)11(13)7-15/h4-6,8,15H,7H2,1-3H3. The molecule has 1 aromatic rings. The summed E-state index contributed by atoms with van der Waals surface area (Å²) in [5.74, 6) is 1.23. The van der Waals surface area contributed by atoms with E-state index in [2.05, 4.69) is 26.5 Å². The van der Waals surface area contributed by atoms with Gasteiger partial charge in [-0.05, 0) is 23.6 Å². The van der Waals surface area contributed by atoms with Crippen LogP contribution in [0.25, 0.3) is 0 Å². The fourth-order valence-corrected chi connectivity index (χ4v) is 1.56. The molecule has 0 aliphatic rings. The highest BCUT2D eigenvalue weighted by Gasteiger charge is 2.12. The Morgan fingerprint density at radius 2 is 2.13 bits per heavy atom. The van der Waals surface area contributed by atoms with E-state index in [0.717, 1.165) is 5.56 Å². The second-order valence-corrected chi connectivity index (χ2v) is 4.01. The summed E-state index contributed by atoms with van der Waals surface area (Å²) in [5, 5.41) is 0. The molecule has 0 bridgehead atoms. The van der Waals surface area contributed by atoms with Crippen molar-refractivity contribution in [2.45, 2.75) is 19.8 Å². The van der Waals surface area contributed by atoms with Crippen LogP contribution in [0.5, 0.6) is 5.75 Å². The van der Waals surface area contributed by atoms with Crippen LogP contribution in [0.15, 0.2) is 18.2 Å². The minimum atomic E-state index is -0.00215. The predicted octanol–water partition coefficient (Wildman–Crippen LogP) is 2.93. The van der Waals surface area contributed by atoms with Gasteiger partial charge in [0.05, 0.1) is 18.4 Å². The average molecular weight is 224 g/mol. The van der Waals surface area contributed by atoms with Crippen LogP contribution in [-0.4, -0.2) is 18.6 Å². The van der Waals surface area contributed by atoms with Crippen LogP contribution in [0.1, 0.15) is 35.7 Å². The Hall–Kier alpha value is -0.960. The van der Waals surface area contributed by atoms with Gasteiger partial charge in [-0.25, -0.2) is 0 Å². The van der Waals surface area contributed by atoms with Gasteiger partial charge in [0.15, 0.2) is 5.78 Å². The molecule has 0 N–H and O–H groups in total. The van der Waals surface area contributed by atoms with Crippen LogP contribution < -0.4 is 4.74 Å². The summed E-state index contributed by atoms with van der Waals surface area (Å²) in [6, 6.07) is 5.72. The maximum Gasteiger partial charge on any atom is 0.176 e. The molecule has 0 aromatic heterocycles. The van der Waals surface area contributed by atoms with Gasteiger partial charge in [-0.3, -0.25) is 4.79 Å². The first kappa shape index (κ1) is 12.1. The lowest BCUT2D eigenvalue weighted by Crippen LogP contribution is -2.04. The molecule has 0 atom stereocenters. The summed E-state index contributed by atoms with van der Waals surface area (Å²) in [5.41, 5.74) is 1.76. The summed E-state index contributed by atoms with van der Waals surface area (Å²) < 4.78 is 5.15. The van der Waals surface area contributed by atoms with Gasteiger partial charge in [-0.1, -0.05) is 19.9 Å². The summed E-state index contributed by atoms with van der Waals surface area (Å²) in [6.45, 7) is 4.19. The molecule has 15 heavy (non-hydrogen) atoms. The molecule has 1 aromatic carbocycles. The van der Waals surface area contributed by atoms with Gasteiger partial charge in [-0.15, -0.1) is 0 Å². The third-order valence-corrected chi connectivity index (χ3v) is 2.62. The molecule has 0 radical (unpaired) electrons. The minimum absolute atomic E-state index is 0.00215. The predicted molar refractivity (Wildman–Crippen MR) is 65.3 cm³/mol. The Labute approximate surface area is 96.1 Å². The first-order valence-corrected chi connectivity index (χ1v) is 5.55. The Morgan fingerprint density at radius 1 is 1.47 bits per heavy atom. The maximum absolute atomic E-state index is 11.6. The molecule has 0 amide bonds. The van der Waals surface area contributed by atoms with E-state index in [1.165, 1.54) is 0 Å². The Morgan fingerprint density at radius 3 is 2.60 bits per heavy atom. The van der Waals surface area contributed by atoms with Crippen molar-refractivity contribution < 1.29 is 9.53 Å². The Bertz CT molecular complexity index is 359. The second kappa shape index (κ2) is 5.21. The van der Waals surface area contributed by atoms with E-state index in [1.807, 2.05) is 18.2 Å². The number of benzene rings is 1. The number of hydrogen-bond donors (Lipinski definition) is 1. The molecular formula is C12H16O2S. The lowest BCUT2D eigenvalue weighted by Gasteiger charge is -2.11. The number of ketones is 1. The number of hydrogen-bond acceptors (Lipinski definition) is 3. The van der Waals surface area contributed by atoms with Crippen molar-refractivity contribution in [3.8, 4) is 5.75 Å². The van der Waals surface area contributed by atoms with E-state index in [4.69, 9.17) is 4.74 Å². The third kappa shape index (κ3) is 2.75. The van der Waals surface area contributed by atoms with Crippen molar-refractivity contribution in [2.75, 3.05) is 12.9 Å². The number of methoxy groups -OCH3 is 1. The highest BCUT2D eigenvalue weighted by atomic mass is 32.1. The molecule has 0 spiro atoms. The molecule has 3 heteroatoms. The molecule has 0 aliphatic carbocycles. The van der Waals surface area contributed by atoms with Gasteiger partial charge in [0, 0.05) is 0 Å². The van der Waals surface area contributed by atoms with E-state index in [0.29, 0.717) is 17.2 Å². The zero-order valence-corrected chi connectivity index (χ0v) is 10.2. The molecule has 0 saturated heterocycles. The maximum atomic E-state index is 11.6. The van der Waals surface area contributed by atoms with Gasteiger partial charge in [0.1, 0.15) is 5.75 Å². The summed E-state index contributed by atoms with van der Waals surface area (Å²) in [7, 11) is 1.57. The smallest absolute Gasteiger partial charge is 0.176 e. The summed E-state index contributed by atoms with van der Waals surface area (Å²) in [4.78, 5) is 11.6. The number of Topliss-reactive ketones (excluding diaryl/α,β-unsaturated/α-hetero) is 1. The van der Waals surface area contributed by atoms with Crippen LogP contribution in [0, 0.1) is 0 Å².